The molecule has 0 fully saturated rings. The molecule has 0 aromatic heterocycles. The smallest absolute Gasteiger partial charge is 0.170 e. The van der Waals surface area contributed by atoms with Crippen molar-refractivity contribution in [2.45, 2.75) is 44.6 Å². The molecule has 124 valence electrons. The summed E-state index contributed by atoms with van der Waals surface area (Å²) in [7, 11) is 0. The van der Waals surface area contributed by atoms with E-state index in [0.717, 1.165) is 33.4 Å². The van der Waals surface area contributed by atoms with Gasteiger partial charge in [-0.3, -0.25) is 0 Å². The molecular weight excluding hydrogens is 365 g/mol. The van der Waals surface area contributed by atoms with Crippen molar-refractivity contribution in [2.24, 2.45) is 0 Å². The van der Waals surface area contributed by atoms with E-state index in [9.17, 15) is 13.2 Å². The molecule has 0 spiro atoms. The molecule has 4 heteroatoms. The quantitative estimate of drug-likeness (QED) is 0.538. The van der Waals surface area contributed by atoms with Gasteiger partial charge in [-0.05, 0) is 49.9 Å². The minimum atomic E-state index is -4.32. The van der Waals surface area contributed by atoms with Gasteiger partial charge in [-0.2, -0.15) is 13.2 Å². The van der Waals surface area contributed by atoms with Gasteiger partial charge in [0.1, 0.15) is 4.83 Å². The van der Waals surface area contributed by atoms with Crippen molar-refractivity contribution in [2.75, 3.05) is 0 Å². The van der Waals surface area contributed by atoms with E-state index in [2.05, 4.69) is 15.9 Å². The summed E-state index contributed by atoms with van der Waals surface area (Å²) in [6.07, 6.45) is -4.32. The maximum Gasteiger partial charge on any atom is 0.402 e. The van der Waals surface area contributed by atoms with E-state index in [1.165, 1.54) is 0 Å². The summed E-state index contributed by atoms with van der Waals surface area (Å²) >= 11 is 2.93. The van der Waals surface area contributed by atoms with Crippen LogP contribution in [0.2, 0.25) is 0 Å². The van der Waals surface area contributed by atoms with Crippen molar-refractivity contribution in [1.82, 2.24) is 0 Å². The highest BCUT2D eigenvalue weighted by atomic mass is 79.9. The molecule has 0 bridgehead atoms. The molecule has 0 saturated carbocycles. The molecule has 23 heavy (non-hydrogen) atoms. The zero-order chi connectivity index (χ0) is 17.4. The molecule has 0 aliphatic heterocycles. The van der Waals surface area contributed by atoms with Crippen LogP contribution in [0.1, 0.15) is 39.3 Å². The van der Waals surface area contributed by atoms with Crippen LogP contribution in [0.15, 0.2) is 36.4 Å². The van der Waals surface area contributed by atoms with E-state index in [0.29, 0.717) is 0 Å². The Labute approximate surface area is 143 Å². The van der Waals surface area contributed by atoms with Crippen LogP contribution in [0.5, 0.6) is 0 Å². The van der Waals surface area contributed by atoms with Gasteiger partial charge in [0.25, 0.3) is 0 Å². The topological polar surface area (TPSA) is 0 Å². The molecule has 0 N–H and O–H groups in total. The van der Waals surface area contributed by atoms with Crippen LogP contribution < -0.4 is 0 Å². The summed E-state index contributed by atoms with van der Waals surface area (Å²) in [5.41, 5.74) is 5.10. The highest BCUT2D eigenvalue weighted by Gasteiger charge is 2.44. The molecule has 1 atom stereocenters. The van der Waals surface area contributed by atoms with E-state index in [4.69, 9.17) is 0 Å². The van der Waals surface area contributed by atoms with Crippen molar-refractivity contribution < 1.29 is 13.2 Å². The molecule has 2 aromatic carbocycles. The van der Waals surface area contributed by atoms with Crippen LogP contribution in [-0.4, -0.2) is 11.0 Å². The molecule has 2 aromatic rings. The number of benzene rings is 2. The number of hydrogen-bond acceptors (Lipinski definition) is 0. The average Bonchev–Trinajstić information content (AvgIpc) is 2.45. The maximum absolute atomic E-state index is 13.5. The third-order valence-corrected chi connectivity index (χ3v) is 5.19. The highest BCUT2D eigenvalue weighted by Crippen LogP contribution is 2.43. The molecule has 0 heterocycles. The summed E-state index contributed by atoms with van der Waals surface area (Å²) < 4.78 is 40.5. The van der Waals surface area contributed by atoms with Gasteiger partial charge in [-0.25, -0.2) is 0 Å². The summed E-state index contributed by atoms with van der Waals surface area (Å²) in [6, 6.07) is 11.4. The first kappa shape index (κ1) is 18.1. The van der Waals surface area contributed by atoms with Crippen LogP contribution in [0.25, 0.3) is 0 Å². The fourth-order valence-electron chi connectivity index (χ4n) is 2.86. The second-order valence-corrected chi connectivity index (χ2v) is 7.13. The predicted molar refractivity (Wildman–Crippen MR) is 92.4 cm³/mol. The summed E-state index contributed by atoms with van der Waals surface area (Å²) in [6.45, 7) is 7.53. The van der Waals surface area contributed by atoms with Gasteiger partial charge in [0.2, 0.25) is 0 Å². The third-order valence-electron chi connectivity index (χ3n) is 4.14. The standard InChI is InChI=1S/C19H20BrF3/c1-11-5-7-13(3)15(9-11)17(18(20)19(21,22)23)16-10-12(2)6-8-14(16)4/h5-10,17-18H,1-4H3/t18-/m1/s1. The van der Waals surface area contributed by atoms with Gasteiger partial charge in [0.05, 0.1) is 0 Å². The Morgan fingerprint density at radius 2 is 1.17 bits per heavy atom. The Morgan fingerprint density at radius 1 is 0.783 bits per heavy atom. The second kappa shape index (κ2) is 6.68. The van der Waals surface area contributed by atoms with Crippen LogP contribution in [0.4, 0.5) is 13.2 Å². The molecule has 0 saturated heterocycles. The van der Waals surface area contributed by atoms with Crippen molar-refractivity contribution in [1.29, 1.82) is 0 Å². The number of alkyl halides is 4. The fraction of sp³-hybridized carbons (Fsp3) is 0.368. The van der Waals surface area contributed by atoms with Crippen molar-refractivity contribution >= 4 is 15.9 Å². The lowest BCUT2D eigenvalue weighted by Gasteiger charge is -2.28. The first-order valence-electron chi connectivity index (χ1n) is 7.46. The number of hydrogen-bond donors (Lipinski definition) is 0. The zero-order valence-electron chi connectivity index (χ0n) is 13.6. The monoisotopic (exact) mass is 384 g/mol. The largest absolute Gasteiger partial charge is 0.402 e. The van der Waals surface area contributed by atoms with Gasteiger partial charge in [-0.1, -0.05) is 63.5 Å². The third kappa shape index (κ3) is 3.97. The number of halogens is 4. The van der Waals surface area contributed by atoms with E-state index >= 15 is 0 Å². The van der Waals surface area contributed by atoms with Gasteiger partial charge in [-0.15, -0.1) is 0 Å². The molecule has 0 nitrogen and oxygen atoms in total. The normalized spacial score (nSPS) is 13.4. The van der Waals surface area contributed by atoms with E-state index in [1.54, 1.807) is 0 Å². The van der Waals surface area contributed by atoms with Gasteiger partial charge in [0.15, 0.2) is 0 Å². The van der Waals surface area contributed by atoms with Gasteiger partial charge < -0.3 is 0 Å². The molecule has 0 radical (unpaired) electrons. The van der Waals surface area contributed by atoms with Crippen LogP contribution in [-0.2, 0) is 0 Å². The minimum absolute atomic E-state index is 0.720. The SMILES string of the molecule is Cc1ccc(C)c(C(c2cc(C)ccc2C)[C@@H](Br)C(F)(F)F)c1. The van der Waals surface area contributed by atoms with Gasteiger partial charge in [0, 0.05) is 5.92 Å². The Morgan fingerprint density at radius 3 is 1.52 bits per heavy atom. The zero-order valence-corrected chi connectivity index (χ0v) is 15.2. The van der Waals surface area contributed by atoms with Crippen molar-refractivity contribution in [3.05, 3.63) is 69.8 Å². The first-order chi connectivity index (χ1) is 10.6. The Bertz CT molecular complexity index is 653. The Kier molecular flexibility index (Phi) is 5.24. The number of aryl methyl sites for hydroxylation is 4. The average molecular weight is 385 g/mol. The lowest BCUT2D eigenvalue weighted by atomic mass is 9.82. The highest BCUT2D eigenvalue weighted by molar-refractivity contribution is 9.09. The van der Waals surface area contributed by atoms with Gasteiger partial charge >= 0.3 is 6.18 Å². The lowest BCUT2D eigenvalue weighted by Crippen LogP contribution is -2.31. The predicted octanol–water partition coefficient (Wildman–Crippen LogP) is 6.38. The summed E-state index contributed by atoms with van der Waals surface area (Å²) in [5, 5.41) is 0. The first-order valence-corrected chi connectivity index (χ1v) is 8.38. The van der Waals surface area contributed by atoms with Crippen molar-refractivity contribution in [3.8, 4) is 0 Å². The summed E-state index contributed by atoms with van der Waals surface area (Å²) in [5.74, 6) is -0.769. The van der Waals surface area contributed by atoms with E-state index < -0.39 is 16.9 Å². The molecule has 0 aliphatic carbocycles. The Hall–Kier alpha value is -1.29. The number of rotatable bonds is 3. The molecular formula is C19H20BrF3. The van der Waals surface area contributed by atoms with Crippen molar-refractivity contribution in [3.63, 3.8) is 0 Å². The van der Waals surface area contributed by atoms with E-state index in [1.807, 2.05) is 64.1 Å². The molecule has 2 rings (SSSR count). The maximum atomic E-state index is 13.5. The molecule has 0 aliphatic rings. The Balaban J connectivity index is 2.70. The molecule has 0 amide bonds. The van der Waals surface area contributed by atoms with E-state index in [-0.39, 0.29) is 0 Å². The van der Waals surface area contributed by atoms with Crippen LogP contribution in [0, 0.1) is 27.7 Å². The molecule has 0 unspecified atom stereocenters. The second-order valence-electron chi connectivity index (χ2n) is 6.14. The summed E-state index contributed by atoms with van der Waals surface area (Å²) in [4.78, 5) is -1.63. The van der Waals surface area contributed by atoms with Crippen LogP contribution in [0.3, 0.4) is 0 Å². The van der Waals surface area contributed by atoms with Crippen LogP contribution >= 0.6 is 15.9 Å². The lowest BCUT2D eigenvalue weighted by molar-refractivity contribution is -0.129. The fourth-order valence-corrected chi connectivity index (χ4v) is 3.43. The minimum Gasteiger partial charge on any atom is -0.170 e.